The Morgan fingerprint density at radius 1 is 1.22 bits per heavy atom. The molecule has 0 aromatic heterocycles. The van der Waals surface area contributed by atoms with Gasteiger partial charge in [0.2, 0.25) is 0 Å². The fraction of sp³-hybridized carbons (Fsp3) is 0.111. The first-order valence-corrected chi connectivity index (χ1v) is 7.00. The van der Waals surface area contributed by atoms with Crippen LogP contribution in [0.15, 0.2) is 60.7 Å². The van der Waals surface area contributed by atoms with Gasteiger partial charge in [-0.1, -0.05) is 54.6 Å². The lowest BCUT2D eigenvalue weighted by atomic mass is 9.98. The van der Waals surface area contributed by atoms with E-state index in [-0.39, 0.29) is 23.5 Å². The van der Waals surface area contributed by atoms with Crippen molar-refractivity contribution in [3.63, 3.8) is 0 Å². The van der Waals surface area contributed by atoms with Crippen LogP contribution in [0, 0.1) is 27.4 Å². The molecular formula is C18H14N2O3. The zero-order chi connectivity index (χ0) is 16.7. The summed E-state index contributed by atoms with van der Waals surface area (Å²) in [5, 5.41) is 19.9. The summed E-state index contributed by atoms with van der Waals surface area (Å²) in [6.45, 7) is 0. The largest absolute Gasteiger partial charge is 0.294 e. The Balaban J connectivity index is 2.08. The molecule has 0 aliphatic heterocycles. The molecule has 1 unspecified atom stereocenters. The molecule has 0 bridgehead atoms. The minimum Gasteiger partial charge on any atom is -0.294 e. The van der Waals surface area contributed by atoms with Gasteiger partial charge in [0.05, 0.1) is 16.9 Å². The number of ketones is 1. The number of non-ortho nitro benzene ring substituents is 1. The van der Waals surface area contributed by atoms with Crippen molar-refractivity contribution in [1.29, 1.82) is 5.26 Å². The van der Waals surface area contributed by atoms with E-state index in [0.29, 0.717) is 0 Å². The molecule has 0 saturated carbocycles. The monoisotopic (exact) mass is 306 g/mol. The van der Waals surface area contributed by atoms with Crippen molar-refractivity contribution in [1.82, 2.24) is 0 Å². The predicted octanol–water partition coefficient (Wildman–Crippen LogP) is 4.02. The van der Waals surface area contributed by atoms with Crippen molar-refractivity contribution in [2.45, 2.75) is 6.42 Å². The van der Waals surface area contributed by atoms with Crippen molar-refractivity contribution in [3.05, 3.63) is 81.9 Å². The molecule has 2 rings (SSSR count). The van der Waals surface area contributed by atoms with Crippen molar-refractivity contribution in [2.24, 2.45) is 5.92 Å². The summed E-state index contributed by atoms with van der Waals surface area (Å²) in [5.41, 5.74) is 1.05. The number of Topliss-reactive ketones (excluding diaryl/α,β-unsaturated/α-hetero) is 1. The van der Waals surface area contributed by atoms with Gasteiger partial charge in [-0.15, -0.1) is 0 Å². The minimum atomic E-state index is -0.582. The van der Waals surface area contributed by atoms with Gasteiger partial charge < -0.3 is 0 Å². The summed E-state index contributed by atoms with van der Waals surface area (Å²) in [6.07, 6.45) is 3.44. The molecule has 2 aromatic carbocycles. The van der Waals surface area contributed by atoms with Crippen LogP contribution < -0.4 is 0 Å². The highest BCUT2D eigenvalue weighted by atomic mass is 16.6. The summed E-state index contributed by atoms with van der Waals surface area (Å²) < 4.78 is 0. The molecule has 0 heterocycles. The van der Waals surface area contributed by atoms with Crippen LogP contribution in [-0.4, -0.2) is 10.7 Å². The molecule has 0 radical (unpaired) electrons. The van der Waals surface area contributed by atoms with Crippen LogP contribution in [-0.2, 0) is 0 Å². The SMILES string of the molecule is N#CC(/C=C/c1ccccc1)CC(=O)c1cccc([N+](=O)[O-])c1. The Morgan fingerprint density at radius 2 is 1.96 bits per heavy atom. The molecule has 5 heteroatoms. The number of rotatable bonds is 6. The zero-order valence-corrected chi connectivity index (χ0v) is 12.3. The Morgan fingerprint density at radius 3 is 2.61 bits per heavy atom. The molecule has 0 aliphatic rings. The van der Waals surface area contributed by atoms with Crippen LogP contribution >= 0.6 is 0 Å². The van der Waals surface area contributed by atoms with Crippen molar-refractivity contribution < 1.29 is 9.72 Å². The number of allylic oxidation sites excluding steroid dienone is 1. The van der Waals surface area contributed by atoms with Gasteiger partial charge in [-0.2, -0.15) is 5.26 Å². The predicted molar refractivity (Wildman–Crippen MR) is 86.6 cm³/mol. The Labute approximate surface area is 133 Å². The van der Waals surface area contributed by atoms with Gasteiger partial charge in [-0.3, -0.25) is 14.9 Å². The molecule has 0 saturated heterocycles. The molecule has 23 heavy (non-hydrogen) atoms. The summed E-state index contributed by atoms with van der Waals surface area (Å²) in [4.78, 5) is 22.4. The molecule has 0 spiro atoms. The normalized spacial score (nSPS) is 11.8. The molecule has 114 valence electrons. The Bertz CT molecular complexity index is 776. The van der Waals surface area contributed by atoms with E-state index in [0.717, 1.165) is 5.56 Å². The summed E-state index contributed by atoms with van der Waals surface area (Å²) in [7, 11) is 0. The number of hydrogen-bond donors (Lipinski definition) is 0. The average molecular weight is 306 g/mol. The molecular weight excluding hydrogens is 292 g/mol. The number of hydrogen-bond acceptors (Lipinski definition) is 4. The van der Waals surface area contributed by atoms with Gasteiger partial charge in [0.1, 0.15) is 0 Å². The van der Waals surface area contributed by atoms with Crippen molar-refractivity contribution >= 4 is 17.5 Å². The smallest absolute Gasteiger partial charge is 0.270 e. The van der Waals surface area contributed by atoms with Crippen LogP contribution in [0.1, 0.15) is 22.3 Å². The van der Waals surface area contributed by atoms with Crippen molar-refractivity contribution in [3.8, 4) is 6.07 Å². The maximum atomic E-state index is 12.2. The van der Waals surface area contributed by atoms with Gasteiger partial charge in [0, 0.05) is 24.1 Å². The van der Waals surface area contributed by atoms with Gasteiger partial charge in [0.15, 0.2) is 5.78 Å². The molecule has 0 amide bonds. The maximum absolute atomic E-state index is 12.2. The van der Waals surface area contributed by atoms with E-state index in [4.69, 9.17) is 0 Å². The second kappa shape index (κ2) is 7.66. The highest BCUT2D eigenvalue weighted by Gasteiger charge is 2.15. The average Bonchev–Trinajstić information content (AvgIpc) is 2.59. The van der Waals surface area contributed by atoms with E-state index in [9.17, 15) is 20.2 Å². The van der Waals surface area contributed by atoms with Crippen LogP contribution in [0.25, 0.3) is 6.08 Å². The molecule has 0 N–H and O–H groups in total. The Hall–Kier alpha value is -3.26. The number of nitro benzene ring substituents is 1. The highest BCUT2D eigenvalue weighted by Crippen LogP contribution is 2.17. The van der Waals surface area contributed by atoms with E-state index in [2.05, 4.69) is 6.07 Å². The lowest BCUT2D eigenvalue weighted by molar-refractivity contribution is -0.384. The van der Waals surface area contributed by atoms with Gasteiger partial charge in [-0.25, -0.2) is 0 Å². The summed E-state index contributed by atoms with van der Waals surface area (Å²) in [6, 6.07) is 17.1. The standard InChI is InChI=1S/C18H14N2O3/c19-13-15(10-9-14-5-2-1-3-6-14)11-18(21)16-7-4-8-17(12-16)20(22)23/h1-10,12,15H,11H2/b10-9+. The third-order valence-electron chi connectivity index (χ3n) is 3.27. The first-order chi connectivity index (χ1) is 11.1. The Kier molecular flexibility index (Phi) is 5.37. The van der Waals surface area contributed by atoms with Crippen LogP contribution in [0.3, 0.4) is 0 Å². The number of carbonyl (C=O) groups is 1. The number of nitrogens with zero attached hydrogens (tertiary/aromatic N) is 2. The van der Waals surface area contributed by atoms with Gasteiger partial charge >= 0.3 is 0 Å². The first-order valence-electron chi connectivity index (χ1n) is 7.00. The lowest BCUT2D eigenvalue weighted by Gasteiger charge is -2.04. The minimum absolute atomic E-state index is 0.0129. The molecule has 0 aliphatic carbocycles. The molecule has 2 aromatic rings. The summed E-state index contributed by atoms with van der Waals surface area (Å²) >= 11 is 0. The quantitative estimate of drug-likeness (QED) is 0.458. The van der Waals surface area contributed by atoms with Gasteiger partial charge in [-0.05, 0) is 5.56 Å². The van der Waals surface area contributed by atoms with E-state index in [1.54, 1.807) is 12.2 Å². The molecule has 5 nitrogen and oxygen atoms in total. The van der Waals surface area contributed by atoms with E-state index in [1.807, 2.05) is 30.3 Å². The molecule has 0 fully saturated rings. The van der Waals surface area contributed by atoms with Crippen LogP contribution in [0.5, 0.6) is 0 Å². The lowest BCUT2D eigenvalue weighted by Crippen LogP contribution is -2.06. The number of carbonyl (C=O) groups excluding carboxylic acids is 1. The summed E-state index contributed by atoms with van der Waals surface area (Å²) in [5.74, 6) is -0.875. The number of nitro groups is 1. The fourth-order valence-electron chi connectivity index (χ4n) is 2.06. The zero-order valence-electron chi connectivity index (χ0n) is 12.3. The number of benzene rings is 2. The number of nitriles is 1. The van der Waals surface area contributed by atoms with E-state index >= 15 is 0 Å². The fourth-order valence-corrected chi connectivity index (χ4v) is 2.06. The van der Waals surface area contributed by atoms with Crippen LogP contribution in [0.4, 0.5) is 5.69 Å². The van der Waals surface area contributed by atoms with E-state index < -0.39 is 10.8 Å². The third-order valence-corrected chi connectivity index (χ3v) is 3.27. The van der Waals surface area contributed by atoms with Gasteiger partial charge in [0.25, 0.3) is 5.69 Å². The first kappa shape index (κ1) is 16.1. The third kappa shape index (κ3) is 4.61. The van der Waals surface area contributed by atoms with E-state index in [1.165, 1.54) is 24.3 Å². The van der Waals surface area contributed by atoms with Crippen LogP contribution in [0.2, 0.25) is 0 Å². The maximum Gasteiger partial charge on any atom is 0.270 e. The second-order valence-corrected chi connectivity index (χ2v) is 4.94. The van der Waals surface area contributed by atoms with Crippen molar-refractivity contribution in [2.75, 3.05) is 0 Å². The second-order valence-electron chi connectivity index (χ2n) is 4.94. The molecule has 1 atom stereocenters. The highest BCUT2D eigenvalue weighted by molar-refractivity contribution is 5.97. The topological polar surface area (TPSA) is 84.0 Å².